The Labute approximate surface area is 128 Å². The molecule has 1 heterocycles. The summed E-state index contributed by atoms with van der Waals surface area (Å²) in [6, 6.07) is 5.43. The summed E-state index contributed by atoms with van der Waals surface area (Å²) < 4.78 is 1.59. The topological polar surface area (TPSA) is 57.6 Å². The van der Waals surface area contributed by atoms with Gasteiger partial charge in [0.2, 0.25) is 0 Å². The second-order valence-electron chi connectivity index (χ2n) is 4.72. The van der Waals surface area contributed by atoms with Gasteiger partial charge in [0.15, 0.2) is 0 Å². The molecule has 1 aromatic carbocycles. The van der Waals surface area contributed by atoms with Gasteiger partial charge in [0.1, 0.15) is 0 Å². The molecule has 102 valence electrons. The SMILES string of the molecule is CC(C(=O)O)C1CN(C(=O)c2cc(Br)ccc2Br)C1. The molecule has 0 spiro atoms. The van der Waals surface area contributed by atoms with E-state index in [1.54, 1.807) is 17.9 Å². The zero-order chi connectivity index (χ0) is 14.2. The minimum absolute atomic E-state index is 0.0485. The highest BCUT2D eigenvalue weighted by Gasteiger charge is 2.37. The van der Waals surface area contributed by atoms with E-state index in [4.69, 9.17) is 5.11 Å². The van der Waals surface area contributed by atoms with Crippen molar-refractivity contribution in [3.05, 3.63) is 32.7 Å². The zero-order valence-electron chi connectivity index (χ0n) is 10.3. The van der Waals surface area contributed by atoms with E-state index in [0.717, 1.165) is 8.95 Å². The highest BCUT2D eigenvalue weighted by Crippen LogP contribution is 2.29. The number of likely N-dealkylation sites (tertiary alicyclic amines) is 1. The van der Waals surface area contributed by atoms with Gasteiger partial charge in [-0.25, -0.2) is 0 Å². The number of carbonyl (C=O) groups is 2. The van der Waals surface area contributed by atoms with Crippen LogP contribution < -0.4 is 0 Å². The quantitative estimate of drug-likeness (QED) is 0.862. The monoisotopic (exact) mass is 389 g/mol. The molecular weight excluding hydrogens is 378 g/mol. The maximum atomic E-state index is 12.3. The van der Waals surface area contributed by atoms with E-state index < -0.39 is 11.9 Å². The van der Waals surface area contributed by atoms with Crippen LogP contribution in [-0.2, 0) is 4.79 Å². The number of carboxylic acids is 1. The zero-order valence-corrected chi connectivity index (χ0v) is 13.4. The lowest BCUT2D eigenvalue weighted by molar-refractivity contribution is -0.144. The van der Waals surface area contributed by atoms with Gasteiger partial charge in [0, 0.05) is 28.0 Å². The number of hydrogen-bond donors (Lipinski definition) is 1. The fraction of sp³-hybridized carbons (Fsp3) is 0.385. The summed E-state index contributed by atoms with van der Waals surface area (Å²) in [6.45, 7) is 2.69. The molecule has 1 fully saturated rings. The number of carbonyl (C=O) groups excluding carboxylic acids is 1. The minimum atomic E-state index is -0.805. The van der Waals surface area contributed by atoms with E-state index in [0.29, 0.717) is 18.7 Å². The van der Waals surface area contributed by atoms with Crippen LogP contribution in [0.2, 0.25) is 0 Å². The second kappa shape index (κ2) is 5.63. The summed E-state index contributed by atoms with van der Waals surface area (Å²) in [7, 11) is 0. The summed E-state index contributed by atoms with van der Waals surface area (Å²) >= 11 is 6.70. The molecule has 1 aromatic rings. The van der Waals surface area contributed by atoms with E-state index in [1.165, 1.54) is 0 Å². The first-order valence-corrected chi connectivity index (χ1v) is 7.46. The van der Waals surface area contributed by atoms with Crippen LogP contribution in [0.3, 0.4) is 0 Å². The molecule has 1 saturated heterocycles. The van der Waals surface area contributed by atoms with Crippen LogP contribution >= 0.6 is 31.9 Å². The van der Waals surface area contributed by atoms with Gasteiger partial charge in [-0.05, 0) is 34.1 Å². The van der Waals surface area contributed by atoms with E-state index in [-0.39, 0.29) is 11.8 Å². The number of nitrogens with zero attached hydrogens (tertiary/aromatic N) is 1. The number of aliphatic carboxylic acids is 1. The molecule has 6 heteroatoms. The molecule has 1 N–H and O–H groups in total. The summed E-state index contributed by atoms with van der Waals surface area (Å²) in [5, 5.41) is 8.92. The number of carboxylic acid groups (broad SMARTS) is 1. The Bertz CT molecular complexity index is 527. The van der Waals surface area contributed by atoms with Crippen LogP contribution in [0.4, 0.5) is 0 Å². The molecular formula is C13H13Br2NO3. The smallest absolute Gasteiger partial charge is 0.306 e. The number of halogens is 2. The van der Waals surface area contributed by atoms with Crippen LogP contribution in [0.25, 0.3) is 0 Å². The molecule has 0 aromatic heterocycles. The van der Waals surface area contributed by atoms with Gasteiger partial charge in [-0.1, -0.05) is 22.9 Å². The Morgan fingerprint density at radius 2 is 2.00 bits per heavy atom. The van der Waals surface area contributed by atoms with E-state index in [1.807, 2.05) is 12.1 Å². The first-order valence-electron chi connectivity index (χ1n) is 5.87. The summed E-state index contributed by atoms with van der Waals surface area (Å²) in [6.07, 6.45) is 0. The third kappa shape index (κ3) is 3.00. The molecule has 1 amide bonds. The average Bonchev–Trinajstić information content (AvgIpc) is 2.29. The Morgan fingerprint density at radius 1 is 1.37 bits per heavy atom. The number of hydrogen-bond acceptors (Lipinski definition) is 2. The van der Waals surface area contributed by atoms with Crippen LogP contribution in [0, 0.1) is 11.8 Å². The number of rotatable bonds is 3. The Hall–Kier alpha value is -0.880. The van der Waals surface area contributed by atoms with E-state index >= 15 is 0 Å². The van der Waals surface area contributed by atoms with Gasteiger partial charge in [-0.15, -0.1) is 0 Å². The molecule has 1 atom stereocenters. The van der Waals surface area contributed by atoms with Gasteiger partial charge in [0.25, 0.3) is 5.91 Å². The first-order chi connectivity index (χ1) is 8.90. The normalized spacial score (nSPS) is 16.9. The lowest BCUT2D eigenvalue weighted by atomic mass is 9.86. The maximum absolute atomic E-state index is 12.3. The Balaban J connectivity index is 2.04. The molecule has 1 unspecified atom stereocenters. The molecule has 2 rings (SSSR count). The van der Waals surface area contributed by atoms with Crippen LogP contribution in [0.5, 0.6) is 0 Å². The maximum Gasteiger partial charge on any atom is 0.306 e. The fourth-order valence-electron chi connectivity index (χ4n) is 2.03. The van der Waals surface area contributed by atoms with Crippen molar-refractivity contribution in [3.8, 4) is 0 Å². The molecule has 0 bridgehead atoms. The summed E-state index contributed by atoms with van der Waals surface area (Å²) in [4.78, 5) is 24.8. The van der Waals surface area contributed by atoms with Gasteiger partial charge in [-0.3, -0.25) is 9.59 Å². The second-order valence-corrected chi connectivity index (χ2v) is 6.49. The van der Waals surface area contributed by atoms with E-state index in [9.17, 15) is 9.59 Å². The molecule has 4 nitrogen and oxygen atoms in total. The average molecular weight is 391 g/mol. The van der Waals surface area contributed by atoms with Crippen molar-refractivity contribution >= 4 is 43.7 Å². The molecule has 1 aliphatic rings. The van der Waals surface area contributed by atoms with Crippen molar-refractivity contribution in [3.63, 3.8) is 0 Å². The third-order valence-corrected chi connectivity index (χ3v) is 4.64. The van der Waals surface area contributed by atoms with Gasteiger partial charge in [0.05, 0.1) is 11.5 Å². The van der Waals surface area contributed by atoms with Gasteiger partial charge in [-0.2, -0.15) is 0 Å². The fourth-order valence-corrected chi connectivity index (χ4v) is 2.81. The largest absolute Gasteiger partial charge is 0.481 e. The highest BCUT2D eigenvalue weighted by molar-refractivity contribution is 9.11. The highest BCUT2D eigenvalue weighted by atomic mass is 79.9. The molecule has 0 aliphatic carbocycles. The number of benzene rings is 1. The van der Waals surface area contributed by atoms with Crippen molar-refractivity contribution in [2.24, 2.45) is 11.8 Å². The predicted molar refractivity (Wildman–Crippen MR) is 78.0 cm³/mol. The van der Waals surface area contributed by atoms with Crippen molar-refractivity contribution in [2.45, 2.75) is 6.92 Å². The lowest BCUT2D eigenvalue weighted by Gasteiger charge is -2.41. The molecule has 0 radical (unpaired) electrons. The summed E-state index contributed by atoms with van der Waals surface area (Å²) in [5.41, 5.74) is 0.593. The molecule has 0 saturated carbocycles. The van der Waals surface area contributed by atoms with Crippen molar-refractivity contribution in [1.29, 1.82) is 0 Å². The summed E-state index contributed by atoms with van der Waals surface area (Å²) in [5.74, 6) is -1.23. The molecule has 19 heavy (non-hydrogen) atoms. The van der Waals surface area contributed by atoms with Crippen molar-refractivity contribution in [1.82, 2.24) is 4.90 Å². The Kier molecular flexibility index (Phi) is 4.30. The minimum Gasteiger partial charge on any atom is -0.481 e. The predicted octanol–water partition coefficient (Wildman–Crippen LogP) is 3.00. The van der Waals surface area contributed by atoms with Crippen LogP contribution in [0.15, 0.2) is 27.1 Å². The third-order valence-electron chi connectivity index (χ3n) is 3.45. The first kappa shape index (κ1) is 14.5. The Morgan fingerprint density at radius 3 is 2.58 bits per heavy atom. The van der Waals surface area contributed by atoms with E-state index in [2.05, 4.69) is 31.9 Å². The lowest BCUT2D eigenvalue weighted by Crippen LogP contribution is -2.53. The van der Waals surface area contributed by atoms with Gasteiger partial charge >= 0.3 is 5.97 Å². The molecule has 1 aliphatic heterocycles. The van der Waals surface area contributed by atoms with Crippen LogP contribution in [0.1, 0.15) is 17.3 Å². The van der Waals surface area contributed by atoms with Crippen LogP contribution in [-0.4, -0.2) is 35.0 Å². The van der Waals surface area contributed by atoms with Gasteiger partial charge < -0.3 is 10.0 Å². The van der Waals surface area contributed by atoms with Crippen molar-refractivity contribution in [2.75, 3.05) is 13.1 Å². The number of amides is 1. The standard InChI is InChI=1S/C13H13Br2NO3/c1-7(13(18)19)8-5-16(6-8)12(17)10-4-9(14)2-3-11(10)15/h2-4,7-8H,5-6H2,1H3,(H,18,19). The van der Waals surface area contributed by atoms with Crippen molar-refractivity contribution < 1.29 is 14.7 Å².